The fraction of sp³-hybridized carbons (Fsp3) is 0.370. The van der Waals surface area contributed by atoms with E-state index in [1.165, 1.54) is 0 Å². The molecule has 1 atom stereocenters. The maximum absolute atomic E-state index is 10.5. The molecule has 180 valence electrons. The predicted octanol–water partition coefficient (Wildman–Crippen LogP) is 4.51. The molecule has 0 unspecified atom stereocenters. The molecular formula is C27H33N3O4. The van der Waals surface area contributed by atoms with E-state index >= 15 is 0 Å². The van der Waals surface area contributed by atoms with E-state index < -0.39 is 6.10 Å². The van der Waals surface area contributed by atoms with Crippen molar-refractivity contribution in [1.29, 1.82) is 0 Å². The highest BCUT2D eigenvalue weighted by molar-refractivity contribution is 5.44. The van der Waals surface area contributed by atoms with E-state index in [1.54, 1.807) is 13.2 Å². The molecule has 1 aliphatic carbocycles. The Morgan fingerprint density at radius 2 is 1.94 bits per heavy atom. The number of aryl methyl sites for hydroxylation is 1. The molecule has 0 radical (unpaired) electrons. The predicted molar refractivity (Wildman–Crippen MR) is 132 cm³/mol. The monoisotopic (exact) mass is 463 g/mol. The molecule has 1 fully saturated rings. The lowest BCUT2D eigenvalue weighted by atomic mass is 10.2. The van der Waals surface area contributed by atoms with Crippen LogP contribution in [0.5, 0.6) is 17.4 Å². The Morgan fingerprint density at radius 3 is 2.65 bits per heavy atom. The second-order valence-electron chi connectivity index (χ2n) is 8.54. The number of methoxy groups -OCH3 is 1. The average molecular weight is 464 g/mol. The van der Waals surface area contributed by atoms with Gasteiger partial charge in [-0.05, 0) is 44.0 Å². The molecule has 2 aromatic carbocycles. The number of benzene rings is 2. The summed E-state index contributed by atoms with van der Waals surface area (Å²) in [5, 5.41) is 15.4. The molecule has 1 saturated carbocycles. The average Bonchev–Trinajstić information content (AvgIpc) is 3.66. The van der Waals surface area contributed by atoms with Crippen molar-refractivity contribution in [3.63, 3.8) is 0 Å². The number of aromatic nitrogens is 2. The molecule has 34 heavy (non-hydrogen) atoms. The summed E-state index contributed by atoms with van der Waals surface area (Å²) >= 11 is 0. The number of hydrogen-bond donors (Lipinski definition) is 1. The van der Waals surface area contributed by atoms with Crippen molar-refractivity contribution >= 4 is 0 Å². The maximum Gasteiger partial charge on any atom is 0.227 e. The zero-order chi connectivity index (χ0) is 23.9. The second-order valence-corrected chi connectivity index (χ2v) is 8.54. The van der Waals surface area contributed by atoms with Crippen LogP contribution in [0, 0.1) is 6.92 Å². The minimum atomic E-state index is -0.576. The van der Waals surface area contributed by atoms with E-state index in [-0.39, 0.29) is 6.61 Å². The number of aliphatic hydroxyl groups is 1. The first-order valence-corrected chi connectivity index (χ1v) is 11.7. The number of rotatable bonds is 13. The number of hydrogen-bond acceptors (Lipinski definition) is 6. The molecule has 7 nitrogen and oxygen atoms in total. The molecule has 1 aromatic heterocycles. The smallest absolute Gasteiger partial charge is 0.227 e. The van der Waals surface area contributed by atoms with Crippen LogP contribution >= 0.6 is 0 Å². The summed E-state index contributed by atoms with van der Waals surface area (Å²) in [6.07, 6.45) is 3.36. The third kappa shape index (κ3) is 6.05. The van der Waals surface area contributed by atoms with Crippen LogP contribution in [-0.4, -0.2) is 58.8 Å². The fourth-order valence-electron chi connectivity index (χ4n) is 3.94. The highest BCUT2D eigenvalue weighted by atomic mass is 16.5. The molecule has 7 heteroatoms. The summed E-state index contributed by atoms with van der Waals surface area (Å²) in [4.78, 5) is 2.31. The normalized spacial score (nSPS) is 14.2. The van der Waals surface area contributed by atoms with Crippen molar-refractivity contribution in [3.05, 3.63) is 78.5 Å². The third-order valence-electron chi connectivity index (χ3n) is 5.81. The van der Waals surface area contributed by atoms with Gasteiger partial charge in [-0.1, -0.05) is 30.3 Å². The number of nitrogens with zero attached hydrogens (tertiary/aromatic N) is 3. The minimum Gasteiger partial charge on any atom is -0.497 e. The molecule has 1 heterocycles. The summed E-state index contributed by atoms with van der Waals surface area (Å²) < 4.78 is 19.1. The molecule has 0 amide bonds. The van der Waals surface area contributed by atoms with Gasteiger partial charge < -0.3 is 19.3 Å². The Morgan fingerprint density at radius 1 is 1.18 bits per heavy atom. The fourth-order valence-corrected chi connectivity index (χ4v) is 3.94. The molecule has 1 aliphatic rings. The Balaban J connectivity index is 1.64. The lowest BCUT2D eigenvalue weighted by Crippen LogP contribution is -2.36. The highest BCUT2D eigenvalue weighted by Crippen LogP contribution is 2.35. The van der Waals surface area contributed by atoms with Gasteiger partial charge in [-0.15, -0.1) is 6.58 Å². The van der Waals surface area contributed by atoms with Crippen LogP contribution in [0.4, 0.5) is 0 Å². The third-order valence-corrected chi connectivity index (χ3v) is 5.81. The zero-order valence-electron chi connectivity index (χ0n) is 19.9. The van der Waals surface area contributed by atoms with Crippen LogP contribution in [0.3, 0.4) is 0 Å². The van der Waals surface area contributed by atoms with Gasteiger partial charge >= 0.3 is 0 Å². The molecule has 0 bridgehead atoms. The van der Waals surface area contributed by atoms with Gasteiger partial charge in [-0.2, -0.15) is 5.10 Å². The Bertz CT molecular complexity index is 1080. The van der Waals surface area contributed by atoms with Crippen LogP contribution in [0.2, 0.25) is 0 Å². The van der Waals surface area contributed by atoms with E-state index in [2.05, 4.69) is 11.5 Å². The number of para-hydroxylation sites is 1. The SMILES string of the molecule is C=CCOC[C@@H](O)CN(Cc1c(C)nn(-c2ccccc2)c1Oc1cccc(OC)c1)C1CC1. The van der Waals surface area contributed by atoms with E-state index in [0.29, 0.717) is 37.4 Å². The molecule has 1 N–H and O–H groups in total. The van der Waals surface area contributed by atoms with Crippen molar-refractivity contribution in [1.82, 2.24) is 14.7 Å². The van der Waals surface area contributed by atoms with Gasteiger partial charge in [0.15, 0.2) is 0 Å². The molecule has 3 aromatic rings. The summed E-state index contributed by atoms with van der Waals surface area (Å²) in [7, 11) is 1.64. The van der Waals surface area contributed by atoms with Gasteiger partial charge in [0.2, 0.25) is 5.88 Å². The highest BCUT2D eigenvalue weighted by Gasteiger charge is 2.32. The van der Waals surface area contributed by atoms with E-state index in [4.69, 9.17) is 19.3 Å². The summed E-state index contributed by atoms with van der Waals surface area (Å²) in [6, 6.07) is 18.0. The van der Waals surface area contributed by atoms with Crippen molar-refractivity contribution in [2.75, 3.05) is 26.9 Å². The zero-order valence-corrected chi connectivity index (χ0v) is 19.9. The lowest BCUT2D eigenvalue weighted by molar-refractivity contribution is 0.0226. The molecule has 0 saturated heterocycles. The molecular weight excluding hydrogens is 430 g/mol. The van der Waals surface area contributed by atoms with Crippen LogP contribution < -0.4 is 9.47 Å². The van der Waals surface area contributed by atoms with Crippen LogP contribution in [-0.2, 0) is 11.3 Å². The molecule has 4 rings (SSSR count). The van der Waals surface area contributed by atoms with Gasteiger partial charge in [0, 0.05) is 25.2 Å². The first-order valence-electron chi connectivity index (χ1n) is 11.7. The number of aliphatic hydroxyl groups excluding tert-OH is 1. The van der Waals surface area contributed by atoms with Crippen LogP contribution in [0.1, 0.15) is 24.1 Å². The van der Waals surface area contributed by atoms with Gasteiger partial charge in [-0.25, -0.2) is 4.68 Å². The van der Waals surface area contributed by atoms with Gasteiger partial charge in [0.05, 0.1) is 43.4 Å². The summed E-state index contributed by atoms with van der Waals surface area (Å²) in [5.41, 5.74) is 2.81. The Hall–Kier alpha value is -3.13. The first kappa shape index (κ1) is 24.0. The van der Waals surface area contributed by atoms with E-state index in [9.17, 15) is 5.11 Å². The second kappa shape index (κ2) is 11.3. The van der Waals surface area contributed by atoms with Crippen molar-refractivity contribution in [3.8, 4) is 23.1 Å². The van der Waals surface area contributed by atoms with E-state index in [0.717, 1.165) is 35.5 Å². The summed E-state index contributed by atoms with van der Waals surface area (Å²) in [6.45, 7) is 7.52. The van der Waals surface area contributed by atoms with Crippen LogP contribution in [0.15, 0.2) is 67.3 Å². The standard InChI is InChI=1S/C27H33N3O4/c1-4-15-33-19-23(31)17-29(21-13-14-21)18-26-20(2)28-30(22-9-6-5-7-10-22)27(26)34-25-12-8-11-24(16-25)32-3/h4-12,16,21,23,31H,1,13-15,17-19H2,2-3H3/t23-/m0/s1. The Kier molecular flexibility index (Phi) is 8.00. The lowest BCUT2D eigenvalue weighted by Gasteiger charge is -2.25. The van der Waals surface area contributed by atoms with Crippen LogP contribution in [0.25, 0.3) is 5.69 Å². The van der Waals surface area contributed by atoms with E-state index in [1.807, 2.05) is 66.2 Å². The quantitative estimate of drug-likeness (QED) is 0.297. The summed E-state index contributed by atoms with van der Waals surface area (Å²) in [5.74, 6) is 2.07. The first-order chi connectivity index (χ1) is 16.6. The number of ether oxygens (including phenoxy) is 3. The largest absolute Gasteiger partial charge is 0.497 e. The van der Waals surface area contributed by atoms with Gasteiger partial charge in [0.25, 0.3) is 0 Å². The van der Waals surface area contributed by atoms with Crippen molar-refractivity contribution in [2.24, 2.45) is 0 Å². The van der Waals surface area contributed by atoms with Crippen molar-refractivity contribution < 1.29 is 19.3 Å². The maximum atomic E-state index is 10.5. The van der Waals surface area contributed by atoms with Gasteiger partial charge in [0.1, 0.15) is 11.5 Å². The molecule has 0 aliphatic heterocycles. The van der Waals surface area contributed by atoms with Crippen molar-refractivity contribution in [2.45, 2.75) is 38.5 Å². The van der Waals surface area contributed by atoms with Gasteiger partial charge in [-0.3, -0.25) is 4.90 Å². The minimum absolute atomic E-state index is 0.282. The molecule has 0 spiro atoms. The Labute approximate surface area is 201 Å². The topological polar surface area (TPSA) is 69.0 Å².